The number of hydrogen-bond donors (Lipinski definition) is 0. The molecule has 0 heterocycles. The maximum absolute atomic E-state index is 12.8. The van der Waals surface area contributed by atoms with Crippen molar-refractivity contribution in [1.29, 1.82) is 0 Å². The first-order chi connectivity index (χ1) is 7.26. The Hall–Kier alpha value is -1.11. The fourth-order valence-electron chi connectivity index (χ4n) is 1.59. The maximum atomic E-state index is 12.8. The van der Waals surface area contributed by atoms with Crippen molar-refractivity contribution in [3.05, 3.63) is 47.4 Å². The van der Waals surface area contributed by atoms with Gasteiger partial charge in [0, 0.05) is 6.42 Å². The molecule has 1 aliphatic carbocycles. The van der Waals surface area contributed by atoms with Crippen molar-refractivity contribution in [2.75, 3.05) is 0 Å². The molecule has 0 spiro atoms. The molecule has 0 bridgehead atoms. The van der Waals surface area contributed by atoms with Gasteiger partial charge < -0.3 is 0 Å². The predicted octanol–water partition coefficient (Wildman–Crippen LogP) is 4.86. The molecule has 1 heteroatoms. The predicted molar refractivity (Wildman–Crippen MR) is 64.3 cm³/mol. The standard InChI is InChI=1S/C14H19F/c1-3-5-6-12(4-2)11-13-7-9-14(15)10-8-13/h4-7,9H,3,8,10-11H2,1-2H3/b6-5-,12-4+. The molecular formula is C14H19F. The minimum atomic E-state index is 0.00452. The van der Waals surface area contributed by atoms with E-state index in [9.17, 15) is 4.39 Å². The van der Waals surface area contributed by atoms with E-state index in [4.69, 9.17) is 0 Å². The summed E-state index contributed by atoms with van der Waals surface area (Å²) < 4.78 is 12.8. The topological polar surface area (TPSA) is 0 Å². The van der Waals surface area contributed by atoms with E-state index in [2.05, 4.69) is 32.1 Å². The van der Waals surface area contributed by atoms with Crippen LogP contribution in [0.3, 0.4) is 0 Å². The van der Waals surface area contributed by atoms with Crippen molar-refractivity contribution in [2.24, 2.45) is 0 Å². The smallest absolute Gasteiger partial charge is 0.100 e. The summed E-state index contributed by atoms with van der Waals surface area (Å²) in [4.78, 5) is 0. The summed E-state index contributed by atoms with van der Waals surface area (Å²) in [5.74, 6) is 0.00452. The highest BCUT2D eigenvalue weighted by molar-refractivity contribution is 5.29. The number of hydrogen-bond acceptors (Lipinski definition) is 0. The van der Waals surface area contributed by atoms with Crippen LogP contribution >= 0.6 is 0 Å². The van der Waals surface area contributed by atoms with Gasteiger partial charge >= 0.3 is 0 Å². The minimum absolute atomic E-state index is 0.00452. The lowest BCUT2D eigenvalue weighted by atomic mass is 9.97. The fraction of sp³-hybridized carbons (Fsp3) is 0.429. The van der Waals surface area contributed by atoms with Gasteiger partial charge in [-0.1, -0.05) is 36.8 Å². The quantitative estimate of drug-likeness (QED) is 0.576. The van der Waals surface area contributed by atoms with Crippen molar-refractivity contribution < 1.29 is 4.39 Å². The Balaban J connectivity index is 2.57. The van der Waals surface area contributed by atoms with Crippen LogP contribution in [0.25, 0.3) is 0 Å². The molecule has 0 saturated heterocycles. The third kappa shape index (κ3) is 4.28. The Morgan fingerprint density at radius 3 is 2.73 bits per heavy atom. The van der Waals surface area contributed by atoms with Gasteiger partial charge in [-0.3, -0.25) is 0 Å². The van der Waals surface area contributed by atoms with Gasteiger partial charge in [0.1, 0.15) is 5.83 Å². The zero-order valence-corrected chi connectivity index (χ0v) is 9.59. The van der Waals surface area contributed by atoms with Crippen LogP contribution in [-0.4, -0.2) is 0 Å². The normalized spacial score (nSPS) is 17.9. The van der Waals surface area contributed by atoms with Gasteiger partial charge in [0.2, 0.25) is 0 Å². The van der Waals surface area contributed by atoms with Crippen LogP contribution in [0, 0.1) is 0 Å². The van der Waals surface area contributed by atoms with Crippen molar-refractivity contribution in [3.8, 4) is 0 Å². The number of rotatable bonds is 4. The first kappa shape index (κ1) is 12.0. The van der Waals surface area contributed by atoms with Crippen LogP contribution in [0.2, 0.25) is 0 Å². The molecule has 0 aromatic heterocycles. The summed E-state index contributed by atoms with van der Waals surface area (Å²) in [6.07, 6.45) is 13.4. The Kier molecular flexibility index (Phi) is 5.09. The second-order valence-electron chi connectivity index (χ2n) is 3.79. The van der Waals surface area contributed by atoms with E-state index in [0.717, 1.165) is 19.3 Å². The molecule has 0 aliphatic heterocycles. The van der Waals surface area contributed by atoms with Crippen LogP contribution in [0.4, 0.5) is 4.39 Å². The van der Waals surface area contributed by atoms with E-state index in [0.29, 0.717) is 6.42 Å². The molecule has 1 aliphatic rings. The molecule has 0 radical (unpaired) electrons. The highest BCUT2D eigenvalue weighted by Crippen LogP contribution is 2.24. The van der Waals surface area contributed by atoms with Gasteiger partial charge in [-0.2, -0.15) is 0 Å². The molecule has 0 unspecified atom stereocenters. The average Bonchev–Trinajstić information content (AvgIpc) is 2.27. The van der Waals surface area contributed by atoms with Crippen LogP contribution in [0.15, 0.2) is 47.4 Å². The summed E-state index contributed by atoms with van der Waals surface area (Å²) in [6, 6.07) is 0. The van der Waals surface area contributed by atoms with Gasteiger partial charge in [0.15, 0.2) is 0 Å². The van der Waals surface area contributed by atoms with Gasteiger partial charge in [0.25, 0.3) is 0 Å². The summed E-state index contributed by atoms with van der Waals surface area (Å²) >= 11 is 0. The second kappa shape index (κ2) is 6.39. The molecule has 0 fully saturated rings. The SMILES string of the molecule is C/C=C(\C=C/CC)CC1=CC=C(F)CC1. The van der Waals surface area contributed by atoms with E-state index in [1.54, 1.807) is 6.08 Å². The lowest BCUT2D eigenvalue weighted by Crippen LogP contribution is -1.92. The number of allylic oxidation sites excluding steroid dienone is 8. The lowest BCUT2D eigenvalue weighted by molar-refractivity contribution is 0.580. The van der Waals surface area contributed by atoms with E-state index in [1.165, 1.54) is 11.1 Å². The third-order valence-corrected chi connectivity index (χ3v) is 2.55. The van der Waals surface area contributed by atoms with Crippen LogP contribution in [0.5, 0.6) is 0 Å². The van der Waals surface area contributed by atoms with Crippen molar-refractivity contribution in [1.82, 2.24) is 0 Å². The molecule has 0 amide bonds. The van der Waals surface area contributed by atoms with Gasteiger partial charge in [-0.25, -0.2) is 4.39 Å². The maximum Gasteiger partial charge on any atom is 0.100 e. The molecule has 0 nitrogen and oxygen atoms in total. The summed E-state index contributed by atoms with van der Waals surface area (Å²) in [7, 11) is 0. The van der Waals surface area contributed by atoms with Crippen molar-refractivity contribution in [2.45, 2.75) is 39.5 Å². The lowest BCUT2D eigenvalue weighted by Gasteiger charge is -2.10. The van der Waals surface area contributed by atoms with Crippen molar-refractivity contribution >= 4 is 0 Å². The Labute approximate surface area is 91.9 Å². The zero-order chi connectivity index (χ0) is 11.1. The molecule has 0 saturated carbocycles. The van der Waals surface area contributed by atoms with E-state index in [1.807, 2.05) is 6.08 Å². The van der Waals surface area contributed by atoms with Gasteiger partial charge in [-0.05, 0) is 37.8 Å². The molecule has 0 atom stereocenters. The zero-order valence-electron chi connectivity index (χ0n) is 9.59. The molecule has 0 N–H and O–H groups in total. The molecule has 15 heavy (non-hydrogen) atoms. The first-order valence-corrected chi connectivity index (χ1v) is 5.62. The summed E-state index contributed by atoms with van der Waals surface area (Å²) in [6.45, 7) is 4.18. The average molecular weight is 206 g/mol. The molecule has 82 valence electrons. The Bertz CT molecular complexity index is 316. The van der Waals surface area contributed by atoms with Gasteiger partial charge in [0.05, 0.1) is 0 Å². The van der Waals surface area contributed by atoms with Crippen molar-refractivity contribution in [3.63, 3.8) is 0 Å². The van der Waals surface area contributed by atoms with Gasteiger partial charge in [-0.15, -0.1) is 0 Å². The van der Waals surface area contributed by atoms with Crippen LogP contribution in [0.1, 0.15) is 39.5 Å². The molecule has 0 aromatic carbocycles. The Morgan fingerprint density at radius 1 is 1.40 bits per heavy atom. The minimum Gasteiger partial charge on any atom is -0.212 e. The molecular weight excluding hydrogens is 187 g/mol. The monoisotopic (exact) mass is 206 g/mol. The summed E-state index contributed by atoms with van der Waals surface area (Å²) in [5.41, 5.74) is 2.64. The Morgan fingerprint density at radius 2 is 2.20 bits per heavy atom. The number of halogens is 1. The van der Waals surface area contributed by atoms with E-state index < -0.39 is 0 Å². The fourth-order valence-corrected chi connectivity index (χ4v) is 1.59. The first-order valence-electron chi connectivity index (χ1n) is 5.62. The second-order valence-corrected chi connectivity index (χ2v) is 3.79. The highest BCUT2D eigenvalue weighted by Gasteiger charge is 2.06. The molecule has 1 rings (SSSR count). The molecule has 0 aromatic rings. The highest BCUT2D eigenvalue weighted by atomic mass is 19.1. The van der Waals surface area contributed by atoms with Crippen LogP contribution < -0.4 is 0 Å². The van der Waals surface area contributed by atoms with E-state index >= 15 is 0 Å². The summed E-state index contributed by atoms with van der Waals surface area (Å²) in [5, 5.41) is 0. The van der Waals surface area contributed by atoms with Crippen LogP contribution in [-0.2, 0) is 0 Å². The largest absolute Gasteiger partial charge is 0.212 e. The van der Waals surface area contributed by atoms with E-state index in [-0.39, 0.29) is 5.83 Å². The third-order valence-electron chi connectivity index (χ3n) is 2.55.